The molecule has 2 atom stereocenters. The van der Waals surface area contributed by atoms with Gasteiger partial charge in [0.05, 0.1) is 23.9 Å². The fourth-order valence-electron chi connectivity index (χ4n) is 4.58. The van der Waals surface area contributed by atoms with Crippen LogP contribution in [0.4, 0.5) is 0 Å². The summed E-state index contributed by atoms with van der Waals surface area (Å²) < 4.78 is 8.51. The third kappa shape index (κ3) is 1.59. The standard InChI is InChI=1S/C17H21N3OS/c1-2-20-14-4-7-18-9-13(14)19-15(20)22-11-16-8-12(16)10-21-17(16)5-3-6-17/h4,7,9,12H,2-3,5-6,8,10-11H2,1H3/t12-,16+/m0/s1. The van der Waals surface area contributed by atoms with Crippen LogP contribution in [0.3, 0.4) is 0 Å². The van der Waals surface area contributed by atoms with E-state index >= 15 is 0 Å². The van der Waals surface area contributed by atoms with Crippen molar-refractivity contribution in [1.82, 2.24) is 14.5 Å². The van der Waals surface area contributed by atoms with Crippen LogP contribution < -0.4 is 0 Å². The average Bonchev–Trinajstić information content (AvgIpc) is 2.96. The quantitative estimate of drug-likeness (QED) is 0.810. The number of imidazole rings is 1. The molecule has 22 heavy (non-hydrogen) atoms. The molecule has 3 fully saturated rings. The smallest absolute Gasteiger partial charge is 0.169 e. The predicted octanol–water partition coefficient (Wildman–Crippen LogP) is 3.50. The number of fused-ring (bicyclic) bond motifs is 3. The highest BCUT2D eigenvalue weighted by atomic mass is 32.2. The molecule has 116 valence electrons. The lowest BCUT2D eigenvalue weighted by atomic mass is 9.69. The zero-order chi connectivity index (χ0) is 14.8. The van der Waals surface area contributed by atoms with E-state index in [0.717, 1.165) is 35.5 Å². The van der Waals surface area contributed by atoms with Crippen molar-refractivity contribution in [3.8, 4) is 0 Å². The van der Waals surface area contributed by atoms with Crippen LogP contribution in [0.1, 0.15) is 32.6 Å². The molecule has 0 bridgehead atoms. The maximum atomic E-state index is 6.20. The fraction of sp³-hybridized carbons (Fsp3) is 0.647. The van der Waals surface area contributed by atoms with Crippen molar-refractivity contribution in [2.24, 2.45) is 11.3 Å². The average molecular weight is 315 g/mol. The molecule has 2 aliphatic carbocycles. The number of ether oxygens (including phenoxy) is 1. The highest BCUT2D eigenvalue weighted by Gasteiger charge is 2.73. The number of aryl methyl sites for hydroxylation is 1. The maximum absolute atomic E-state index is 6.20. The lowest BCUT2D eigenvalue weighted by Crippen LogP contribution is -2.47. The Morgan fingerprint density at radius 3 is 3.09 bits per heavy atom. The molecule has 5 rings (SSSR count). The minimum absolute atomic E-state index is 0.231. The minimum atomic E-state index is 0.231. The van der Waals surface area contributed by atoms with Gasteiger partial charge in [0, 0.05) is 23.9 Å². The van der Waals surface area contributed by atoms with Crippen molar-refractivity contribution in [2.45, 2.75) is 49.9 Å². The van der Waals surface area contributed by atoms with E-state index in [1.165, 1.54) is 31.2 Å². The molecule has 1 spiro atoms. The molecule has 0 aromatic carbocycles. The van der Waals surface area contributed by atoms with Crippen LogP contribution in [-0.4, -0.2) is 32.5 Å². The van der Waals surface area contributed by atoms with Crippen molar-refractivity contribution in [3.63, 3.8) is 0 Å². The van der Waals surface area contributed by atoms with Gasteiger partial charge < -0.3 is 9.30 Å². The molecule has 1 aliphatic heterocycles. The first-order chi connectivity index (χ1) is 10.8. The van der Waals surface area contributed by atoms with E-state index in [9.17, 15) is 0 Å². The van der Waals surface area contributed by atoms with Crippen LogP contribution in [0.25, 0.3) is 11.0 Å². The summed E-state index contributed by atoms with van der Waals surface area (Å²) in [5.41, 5.74) is 2.89. The molecule has 3 heterocycles. The van der Waals surface area contributed by atoms with Crippen LogP contribution in [0, 0.1) is 11.3 Å². The van der Waals surface area contributed by atoms with E-state index in [4.69, 9.17) is 9.72 Å². The van der Waals surface area contributed by atoms with Gasteiger partial charge in [-0.05, 0) is 44.6 Å². The van der Waals surface area contributed by atoms with Crippen LogP contribution in [0.5, 0.6) is 0 Å². The number of rotatable bonds is 4. The molecule has 0 N–H and O–H groups in total. The third-order valence-corrected chi connectivity index (χ3v) is 7.38. The Kier molecular flexibility index (Phi) is 2.72. The van der Waals surface area contributed by atoms with E-state index in [2.05, 4.69) is 22.5 Å². The van der Waals surface area contributed by atoms with Gasteiger partial charge in [0.15, 0.2) is 5.16 Å². The molecular formula is C17H21N3OS. The second kappa shape index (κ2) is 4.48. The van der Waals surface area contributed by atoms with Gasteiger partial charge in [-0.15, -0.1) is 0 Å². The highest BCUT2D eigenvalue weighted by molar-refractivity contribution is 7.99. The first-order valence-electron chi connectivity index (χ1n) is 8.35. The number of hydrogen-bond donors (Lipinski definition) is 0. The molecule has 2 aromatic rings. The van der Waals surface area contributed by atoms with E-state index in [-0.39, 0.29) is 5.60 Å². The van der Waals surface area contributed by atoms with Crippen LogP contribution in [-0.2, 0) is 11.3 Å². The van der Waals surface area contributed by atoms with Crippen LogP contribution >= 0.6 is 11.8 Å². The maximum Gasteiger partial charge on any atom is 0.169 e. The van der Waals surface area contributed by atoms with E-state index in [0.29, 0.717) is 5.41 Å². The molecule has 5 heteroatoms. The normalized spacial score (nSPS) is 31.4. The van der Waals surface area contributed by atoms with Gasteiger partial charge in [-0.3, -0.25) is 4.98 Å². The van der Waals surface area contributed by atoms with Gasteiger partial charge >= 0.3 is 0 Å². The topological polar surface area (TPSA) is 39.9 Å². The monoisotopic (exact) mass is 315 g/mol. The summed E-state index contributed by atoms with van der Waals surface area (Å²) in [6.45, 7) is 4.14. The number of pyridine rings is 1. The molecule has 3 aliphatic rings. The van der Waals surface area contributed by atoms with Gasteiger partial charge in [-0.2, -0.15) is 0 Å². The summed E-state index contributed by atoms with van der Waals surface area (Å²) in [4.78, 5) is 9.01. The van der Waals surface area contributed by atoms with Gasteiger partial charge in [-0.25, -0.2) is 4.98 Å². The number of nitrogens with zero attached hydrogens (tertiary/aromatic N) is 3. The first kappa shape index (κ1) is 13.4. The summed E-state index contributed by atoms with van der Waals surface area (Å²) in [7, 11) is 0. The zero-order valence-electron chi connectivity index (χ0n) is 12.9. The SMILES string of the molecule is CCn1c(SC[C@]23C[C@H]2COC32CCC2)nc2cnccc21. The van der Waals surface area contributed by atoms with Gasteiger partial charge in [-0.1, -0.05) is 11.8 Å². The minimum Gasteiger partial charge on any atom is -0.374 e. The number of aromatic nitrogens is 3. The molecule has 0 radical (unpaired) electrons. The molecular weight excluding hydrogens is 294 g/mol. The first-order valence-corrected chi connectivity index (χ1v) is 9.34. The number of hydrogen-bond acceptors (Lipinski definition) is 4. The van der Waals surface area contributed by atoms with Gasteiger partial charge in [0.2, 0.25) is 0 Å². The molecule has 4 nitrogen and oxygen atoms in total. The molecule has 1 saturated heterocycles. The second-order valence-corrected chi connectivity index (χ2v) is 7.95. The number of thioether (sulfide) groups is 1. The third-order valence-electron chi connectivity index (χ3n) is 6.15. The van der Waals surface area contributed by atoms with Gasteiger partial charge in [0.1, 0.15) is 5.52 Å². The molecule has 2 aromatic heterocycles. The van der Waals surface area contributed by atoms with Gasteiger partial charge in [0.25, 0.3) is 0 Å². The Morgan fingerprint density at radius 2 is 2.36 bits per heavy atom. The molecule has 2 saturated carbocycles. The summed E-state index contributed by atoms with van der Waals surface area (Å²) in [5.74, 6) is 1.97. The van der Waals surface area contributed by atoms with Crippen molar-refractivity contribution < 1.29 is 4.74 Å². The van der Waals surface area contributed by atoms with Crippen LogP contribution in [0.2, 0.25) is 0 Å². The van der Waals surface area contributed by atoms with Crippen molar-refractivity contribution in [3.05, 3.63) is 18.5 Å². The summed E-state index contributed by atoms with van der Waals surface area (Å²) in [5, 5.41) is 1.15. The lowest BCUT2D eigenvalue weighted by Gasteiger charge is -2.45. The Labute approximate surface area is 134 Å². The van der Waals surface area contributed by atoms with Crippen LogP contribution in [0.15, 0.2) is 23.6 Å². The molecule has 0 amide bonds. The Hall–Kier alpha value is -1.07. The van der Waals surface area contributed by atoms with Crippen molar-refractivity contribution in [2.75, 3.05) is 12.4 Å². The second-order valence-electron chi connectivity index (χ2n) is 7.01. The van der Waals surface area contributed by atoms with E-state index < -0.39 is 0 Å². The van der Waals surface area contributed by atoms with E-state index in [1.54, 1.807) is 0 Å². The van der Waals surface area contributed by atoms with Crippen molar-refractivity contribution in [1.29, 1.82) is 0 Å². The predicted molar refractivity (Wildman–Crippen MR) is 87.0 cm³/mol. The summed E-state index contributed by atoms with van der Waals surface area (Å²) in [6.07, 6.45) is 8.99. The molecule has 0 unspecified atom stereocenters. The Morgan fingerprint density at radius 1 is 1.45 bits per heavy atom. The zero-order valence-corrected chi connectivity index (χ0v) is 13.7. The Balaban J connectivity index is 1.43. The summed E-state index contributed by atoms with van der Waals surface area (Å²) in [6, 6.07) is 2.07. The largest absolute Gasteiger partial charge is 0.374 e. The van der Waals surface area contributed by atoms with Crippen molar-refractivity contribution >= 4 is 22.8 Å². The highest BCUT2D eigenvalue weighted by Crippen LogP contribution is 2.72. The van der Waals surface area contributed by atoms with E-state index in [1.807, 2.05) is 24.2 Å². The summed E-state index contributed by atoms with van der Waals surface area (Å²) >= 11 is 1.93. The fourth-order valence-corrected chi connectivity index (χ4v) is 6.13. The lowest BCUT2D eigenvalue weighted by molar-refractivity contribution is -0.105. The Bertz CT molecular complexity index is 739.